The lowest BCUT2D eigenvalue weighted by molar-refractivity contribution is -0.127. The second-order valence-corrected chi connectivity index (χ2v) is 5.48. The first-order valence-corrected chi connectivity index (χ1v) is 6.85. The summed E-state index contributed by atoms with van der Waals surface area (Å²) in [5.41, 5.74) is 0. The van der Waals surface area contributed by atoms with Crippen LogP contribution in [0.3, 0.4) is 0 Å². The van der Waals surface area contributed by atoms with E-state index in [0.717, 1.165) is 19.3 Å². The molecular formula is C14H26O3. The predicted octanol–water partition coefficient (Wildman–Crippen LogP) is 2.56. The number of hydrogen-bond donors (Lipinski definition) is 1. The lowest BCUT2D eigenvalue weighted by Gasteiger charge is -2.28. The summed E-state index contributed by atoms with van der Waals surface area (Å²) >= 11 is 0. The van der Waals surface area contributed by atoms with Crippen LogP contribution in [0.5, 0.6) is 0 Å². The Labute approximate surface area is 105 Å². The molecule has 1 rings (SSSR count). The van der Waals surface area contributed by atoms with E-state index in [4.69, 9.17) is 4.74 Å². The molecule has 1 aliphatic carbocycles. The summed E-state index contributed by atoms with van der Waals surface area (Å²) in [6.45, 7) is 6.42. The molecule has 0 amide bonds. The second kappa shape index (κ2) is 7.12. The highest BCUT2D eigenvalue weighted by Gasteiger charge is 2.29. The van der Waals surface area contributed by atoms with E-state index in [1.54, 1.807) is 0 Å². The van der Waals surface area contributed by atoms with Gasteiger partial charge in [0, 0.05) is 12.3 Å². The van der Waals surface area contributed by atoms with E-state index in [1.807, 2.05) is 13.8 Å². The Hall–Kier alpha value is -0.410. The van der Waals surface area contributed by atoms with Crippen molar-refractivity contribution in [1.82, 2.24) is 0 Å². The third-order valence-corrected chi connectivity index (χ3v) is 3.63. The van der Waals surface area contributed by atoms with Crippen molar-refractivity contribution >= 4 is 5.78 Å². The zero-order valence-corrected chi connectivity index (χ0v) is 11.3. The fourth-order valence-corrected chi connectivity index (χ4v) is 2.50. The van der Waals surface area contributed by atoms with Gasteiger partial charge < -0.3 is 9.84 Å². The van der Waals surface area contributed by atoms with Crippen LogP contribution in [0.15, 0.2) is 0 Å². The van der Waals surface area contributed by atoms with Gasteiger partial charge in [-0.05, 0) is 39.0 Å². The molecule has 1 N–H and O–H groups in total. The quantitative estimate of drug-likeness (QED) is 0.778. The average molecular weight is 242 g/mol. The van der Waals surface area contributed by atoms with Crippen molar-refractivity contribution in [1.29, 1.82) is 0 Å². The van der Waals surface area contributed by atoms with E-state index in [9.17, 15) is 9.90 Å². The molecular weight excluding hydrogens is 216 g/mol. The van der Waals surface area contributed by atoms with Gasteiger partial charge in [-0.3, -0.25) is 4.79 Å². The van der Waals surface area contributed by atoms with Gasteiger partial charge in [0.05, 0.1) is 18.8 Å². The number of rotatable bonds is 6. The highest BCUT2D eigenvalue weighted by molar-refractivity contribution is 5.81. The van der Waals surface area contributed by atoms with Gasteiger partial charge in [0.25, 0.3) is 0 Å². The molecule has 0 bridgehead atoms. The summed E-state index contributed by atoms with van der Waals surface area (Å²) in [6.07, 6.45) is 4.03. The molecule has 3 nitrogen and oxygen atoms in total. The molecule has 0 aromatic rings. The maximum absolute atomic E-state index is 11.8. The predicted molar refractivity (Wildman–Crippen MR) is 67.8 cm³/mol. The first-order chi connectivity index (χ1) is 8.02. The SMILES string of the molecule is CCC1CCC(=O)C(CC(O)COC(C)C)C1. The maximum atomic E-state index is 11.8. The van der Waals surface area contributed by atoms with Gasteiger partial charge in [-0.15, -0.1) is 0 Å². The molecule has 3 unspecified atom stereocenters. The maximum Gasteiger partial charge on any atom is 0.136 e. The van der Waals surface area contributed by atoms with Crippen LogP contribution in [0.25, 0.3) is 0 Å². The normalized spacial score (nSPS) is 27.5. The van der Waals surface area contributed by atoms with Crippen LogP contribution in [-0.4, -0.2) is 29.7 Å². The minimum Gasteiger partial charge on any atom is -0.391 e. The number of ketones is 1. The van der Waals surface area contributed by atoms with Gasteiger partial charge in [-0.1, -0.05) is 13.3 Å². The molecule has 0 radical (unpaired) electrons. The van der Waals surface area contributed by atoms with E-state index in [0.29, 0.717) is 31.1 Å². The van der Waals surface area contributed by atoms with Crippen LogP contribution < -0.4 is 0 Å². The number of ether oxygens (including phenoxy) is 1. The van der Waals surface area contributed by atoms with E-state index in [1.165, 1.54) is 0 Å². The Kier molecular flexibility index (Phi) is 6.14. The summed E-state index contributed by atoms with van der Waals surface area (Å²) in [5, 5.41) is 9.85. The zero-order chi connectivity index (χ0) is 12.8. The molecule has 1 aliphatic rings. The van der Waals surface area contributed by atoms with Crippen molar-refractivity contribution < 1.29 is 14.6 Å². The minimum atomic E-state index is -0.498. The van der Waals surface area contributed by atoms with Gasteiger partial charge >= 0.3 is 0 Å². The highest BCUT2D eigenvalue weighted by atomic mass is 16.5. The van der Waals surface area contributed by atoms with Crippen LogP contribution >= 0.6 is 0 Å². The molecule has 0 aromatic heterocycles. The average Bonchev–Trinajstić information content (AvgIpc) is 2.29. The Morgan fingerprint density at radius 2 is 2.18 bits per heavy atom. The smallest absolute Gasteiger partial charge is 0.136 e. The lowest BCUT2D eigenvalue weighted by atomic mass is 9.77. The van der Waals surface area contributed by atoms with E-state index in [-0.39, 0.29) is 12.0 Å². The first kappa shape index (κ1) is 14.7. The van der Waals surface area contributed by atoms with E-state index in [2.05, 4.69) is 6.92 Å². The monoisotopic (exact) mass is 242 g/mol. The van der Waals surface area contributed by atoms with Crippen molar-refractivity contribution in [3.63, 3.8) is 0 Å². The van der Waals surface area contributed by atoms with Crippen molar-refractivity contribution in [3.8, 4) is 0 Å². The van der Waals surface area contributed by atoms with Crippen molar-refractivity contribution in [2.24, 2.45) is 11.8 Å². The van der Waals surface area contributed by atoms with Crippen LogP contribution in [0, 0.1) is 11.8 Å². The third-order valence-electron chi connectivity index (χ3n) is 3.63. The number of aliphatic hydroxyl groups excluding tert-OH is 1. The Morgan fingerprint density at radius 3 is 2.76 bits per heavy atom. The fourth-order valence-electron chi connectivity index (χ4n) is 2.50. The largest absolute Gasteiger partial charge is 0.391 e. The van der Waals surface area contributed by atoms with Gasteiger partial charge in [0.15, 0.2) is 0 Å². The number of carbonyl (C=O) groups is 1. The molecule has 0 spiro atoms. The molecule has 1 fully saturated rings. The number of carbonyl (C=O) groups excluding carboxylic acids is 1. The van der Waals surface area contributed by atoms with Crippen molar-refractivity contribution in [2.75, 3.05) is 6.61 Å². The molecule has 3 heteroatoms. The number of hydrogen-bond acceptors (Lipinski definition) is 3. The van der Waals surface area contributed by atoms with Crippen molar-refractivity contribution in [2.45, 2.75) is 65.1 Å². The number of Topliss-reactive ketones (excluding diaryl/α,β-unsaturated/α-hetero) is 1. The van der Waals surface area contributed by atoms with Gasteiger partial charge in [-0.25, -0.2) is 0 Å². The third kappa shape index (κ3) is 5.17. The van der Waals surface area contributed by atoms with Crippen LogP contribution in [0.1, 0.15) is 52.9 Å². The van der Waals surface area contributed by atoms with Crippen LogP contribution in [0.4, 0.5) is 0 Å². The summed E-state index contributed by atoms with van der Waals surface area (Å²) in [4.78, 5) is 11.8. The summed E-state index contributed by atoms with van der Waals surface area (Å²) in [5.74, 6) is 1.05. The lowest BCUT2D eigenvalue weighted by Crippen LogP contribution is -2.30. The van der Waals surface area contributed by atoms with Gasteiger partial charge in [-0.2, -0.15) is 0 Å². The summed E-state index contributed by atoms with van der Waals surface area (Å²) < 4.78 is 5.37. The molecule has 0 heterocycles. The van der Waals surface area contributed by atoms with E-state index >= 15 is 0 Å². The molecule has 1 saturated carbocycles. The summed E-state index contributed by atoms with van der Waals surface area (Å²) in [6, 6.07) is 0. The molecule has 17 heavy (non-hydrogen) atoms. The Bertz CT molecular complexity index is 238. The van der Waals surface area contributed by atoms with Gasteiger partial charge in [0.1, 0.15) is 5.78 Å². The zero-order valence-electron chi connectivity index (χ0n) is 11.3. The topological polar surface area (TPSA) is 46.5 Å². The number of aliphatic hydroxyl groups is 1. The first-order valence-electron chi connectivity index (χ1n) is 6.85. The highest BCUT2D eigenvalue weighted by Crippen LogP contribution is 2.31. The van der Waals surface area contributed by atoms with Gasteiger partial charge in [0.2, 0.25) is 0 Å². The molecule has 0 aliphatic heterocycles. The molecule has 0 aromatic carbocycles. The Balaban J connectivity index is 2.34. The molecule has 3 atom stereocenters. The van der Waals surface area contributed by atoms with Crippen LogP contribution in [0.2, 0.25) is 0 Å². The molecule has 100 valence electrons. The minimum absolute atomic E-state index is 0.0551. The van der Waals surface area contributed by atoms with Crippen LogP contribution in [-0.2, 0) is 9.53 Å². The summed E-state index contributed by atoms with van der Waals surface area (Å²) in [7, 11) is 0. The van der Waals surface area contributed by atoms with E-state index < -0.39 is 6.10 Å². The Morgan fingerprint density at radius 1 is 1.47 bits per heavy atom. The second-order valence-electron chi connectivity index (χ2n) is 5.48. The molecule has 0 saturated heterocycles. The standard InChI is InChI=1S/C14H26O3/c1-4-11-5-6-14(16)12(7-11)8-13(15)9-17-10(2)3/h10-13,15H,4-9H2,1-3H3. The fraction of sp³-hybridized carbons (Fsp3) is 0.929. The van der Waals surface area contributed by atoms with Crippen molar-refractivity contribution in [3.05, 3.63) is 0 Å².